The van der Waals surface area contributed by atoms with Crippen molar-refractivity contribution in [2.45, 2.75) is 25.4 Å². The summed E-state index contributed by atoms with van der Waals surface area (Å²) in [5.41, 5.74) is 2.21. The maximum absolute atomic E-state index is 9.86. The van der Waals surface area contributed by atoms with Crippen molar-refractivity contribution in [3.05, 3.63) is 40.9 Å². The maximum Gasteiger partial charge on any atom is 0.123 e. The quantitative estimate of drug-likeness (QED) is 0.877. The Bertz CT molecular complexity index is 401. The van der Waals surface area contributed by atoms with Gasteiger partial charge in [-0.1, -0.05) is 24.2 Å². The molecule has 1 unspecified atom stereocenters. The predicted octanol–water partition coefficient (Wildman–Crippen LogP) is 3.19. The number of fused-ring (bicyclic) bond motifs is 1. The first-order valence-corrected chi connectivity index (χ1v) is 5.81. The van der Waals surface area contributed by atoms with Gasteiger partial charge in [0.15, 0.2) is 0 Å². The van der Waals surface area contributed by atoms with Gasteiger partial charge in [0.1, 0.15) is 12.4 Å². The van der Waals surface area contributed by atoms with Crippen LogP contribution >= 0.6 is 11.6 Å². The Hall–Kier alpha value is -0.990. The van der Waals surface area contributed by atoms with Gasteiger partial charge in [-0.25, -0.2) is 0 Å². The highest BCUT2D eigenvalue weighted by atomic mass is 35.5. The lowest BCUT2D eigenvalue weighted by Crippen LogP contribution is -2.09. The third kappa shape index (κ3) is 2.57. The van der Waals surface area contributed by atoms with Gasteiger partial charge in [-0.2, -0.15) is 0 Å². The molecule has 0 fully saturated rings. The summed E-state index contributed by atoms with van der Waals surface area (Å²) in [5, 5.41) is 10.3. The molecule has 1 aromatic rings. The molecule has 0 aliphatic heterocycles. The van der Waals surface area contributed by atoms with Gasteiger partial charge in [-0.3, -0.25) is 0 Å². The zero-order chi connectivity index (χ0) is 11.5. The van der Waals surface area contributed by atoms with E-state index in [0.717, 1.165) is 30.6 Å². The molecule has 1 aliphatic rings. The number of aliphatic hydroxyl groups excluding tert-OH is 1. The van der Waals surface area contributed by atoms with E-state index in [0.29, 0.717) is 11.6 Å². The van der Waals surface area contributed by atoms with Crippen LogP contribution in [0.2, 0.25) is 0 Å². The Morgan fingerprint density at radius 3 is 3.12 bits per heavy atom. The van der Waals surface area contributed by atoms with E-state index < -0.39 is 0 Å². The van der Waals surface area contributed by atoms with E-state index in [1.807, 2.05) is 18.2 Å². The average Bonchev–Trinajstić information content (AvgIpc) is 2.27. The molecule has 1 N–H and O–H groups in total. The second-order valence-corrected chi connectivity index (χ2v) is 4.61. The first-order valence-electron chi connectivity index (χ1n) is 5.44. The summed E-state index contributed by atoms with van der Waals surface area (Å²) < 4.78 is 5.44. The third-order valence-electron chi connectivity index (χ3n) is 2.80. The van der Waals surface area contributed by atoms with Gasteiger partial charge in [-0.05, 0) is 42.5 Å². The molecule has 1 aliphatic carbocycles. The van der Waals surface area contributed by atoms with Gasteiger partial charge in [-0.15, -0.1) is 0 Å². The molecule has 0 aromatic heterocycles. The van der Waals surface area contributed by atoms with Crippen LogP contribution in [0.5, 0.6) is 5.75 Å². The summed E-state index contributed by atoms with van der Waals surface area (Å²) in [6.45, 7) is 3.87. The molecule has 0 bridgehead atoms. The van der Waals surface area contributed by atoms with Gasteiger partial charge >= 0.3 is 0 Å². The van der Waals surface area contributed by atoms with Crippen molar-refractivity contribution < 1.29 is 9.84 Å². The number of ether oxygens (including phenoxy) is 1. The lowest BCUT2D eigenvalue weighted by atomic mass is 9.89. The number of aliphatic hydroxyl groups is 1. The van der Waals surface area contributed by atoms with E-state index in [4.69, 9.17) is 16.3 Å². The largest absolute Gasteiger partial charge is 0.488 e. The fraction of sp³-hybridized carbons (Fsp3) is 0.385. The van der Waals surface area contributed by atoms with Crippen LogP contribution in [0.1, 0.15) is 30.1 Å². The zero-order valence-electron chi connectivity index (χ0n) is 9.08. The van der Waals surface area contributed by atoms with Crippen molar-refractivity contribution in [2.75, 3.05) is 6.61 Å². The molecule has 0 saturated heterocycles. The molecule has 0 amide bonds. The normalized spacial score (nSPS) is 19.0. The van der Waals surface area contributed by atoms with Crippen molar-refractivity contribution in [3.63, 3.8) is 0 Å². The molecule has 2 rings (SSSR count). The Morgan fingerprint density at radius 2 is 2.38 bits per heavy atom. The van der Waals surface area contributed by atoms with Crippen LogP contribution in [0.15, 0.2) is 29.8 Å². The Labute approximate surface area is 101 Å². The molecule has 0 heterocycles. The van der Waals surface area contributed by atoms with Crippen LogP contribution in [0.4, 0.5) is 0 Å². The summed E-state index contributed by atoms with van der Waals surface area (Å²) in [5.74, 6) is 0.738. The zero-order valence-corrected chi connectivity index (χ0v) is 9.83. The minimum atomic E-state index is -0.355. The summed E-state index contributed by atoms with van der Waals surface area (Å²) in [6, 6.07) is 5.83. The second-order valence-electron chi connectivity index (χ2n) is 4.07. The molecule has 2 nitrogen and oxygen atoms in total. The van der Waals surface area contributed by atoms with Crippen molar-refractivity contribution in [1.29, 1.82) is 0 Å². The highest BCUT2D eigenvalue weighted by Gasteiger charge is 2.18. The summed E-state index contributed by atoms with van der Waals surface area (Å²) >= 11 is 5.63. The van der Waals surface area contributed by atoms with Gasteiger partial charge in [0.2, 0.25) is 0 Å². The fourth-order valence-electron chi connectivity index (χ4n) is 2.00. The van der Waals surface area contributed by atoms with Gasteiger partial charge in [0.05, 0.1) is 6.10 Å². The molecule has 16 heavy (non-hydrogen) atoms. The highest BCUT2D eigenvalue weighted by molar-refractivity contribution is 6.29. The molecule has 1 aromatic carbocycles. The molecule has 0 spiro atoms. The lowest BCUT2D eigenvalue weighted by Gasteiger charge is -2.21. The van der Waals surface area contributed by atoms with E-state index >= 15 is 0 Å². The smallest absolute Gasteiger partial charge is 0.123 e. The van der Waals surface area contributed by atoms with Crippen molar-refractivity contribution in [3.8, 4) is 5.75 Å². The van der Waals surface area contributed by atoms with Crippen LogP contribution in [0, 0.1) is 0 Å². The molecule has 0 radical (unpaired) electrons. The molecule has 0 saturated carbocycles. The van der Waals surface area contributed by atoms with Gasteiger partial charge in [0.25, 0.3) is 0 Å². The van der Waals surface area contributed by atoms with Crippen LogP contribution < -0.4 is 4.74 Å². The van der Waals surface area contributed by atoms with E-state index in [1.165, 1.54) is 5.56 Å². The van der Waals surface area contributed by atoms with E-state index in [2.05, 4.69) is 6.58 Å². The molecular formula is C13H15ClO2. The monoisotopic (exact) mass is 238 g/mol. The number of hydrogen-bond donors (Lipinski definition) is 1. The minimum Gasteiger partial charge on any atom is -0.488 e. The Balaban J connectivity index is 2.17. The molecule has 3 heteroatoms. The SMILES string of the molecule is C=C(Cl)COc1ccc2c(c1)C(O)CCC2. The molecular weight excluding hydrogens is 224 g/mol. The number of benzene rings is 1. The number of halogens is 1. The number of aryl methyl sites for hydroxylation is 1. The minimum absolute atomic E-state index is 0.302. The van der Waals surface area contributed by atoms with Crippen molar-refractivity contribution >= 4 is 11.6 Å². The average molecular weight is 239 g/mol. The Kier molecular flexibility index (Phi) is 3.52. The molecule has 86 valence electrons. The van der Waals surface area contributed by atoms with E-state index in [-0.39, 0.29) is 6.10 Å². The van der Waals surface area contributed by atoms with Crippen molar-refractivity contribution in [2.24, 2.45) is 0 Å². The lowest BCUT2D eigenvalue weighted by molar-refractivity contribution is 0.156. The predicted molar refractivity (Wildman–Crippen MR) is 64.8 cm³/mol. The Morgan fingerprint density at radius 1 is 1.56 bits per heavy atom. The molecule has 1 atom stereocenters. The standard InChI is InChI=1S/C13H15ClO2/c1-9(14)8-16-11-6-5-10-3-2-4-13(15)12(10)7-11/h5-7,13,15H,1-4,8H2. The summed E-state index contributed by atoms with van der Waals surface area (Å²) in [7, 11) is 0. The van der Waals surface area contributed by atoms with Gasteiger partial charge in [0, 0.05) is 5.03 Å². The second kappa shape index (κ2) is 4.89. The number of hydrogen-bond acceptors (Lipinski definition) is 2. The first-order chi connectivity index (χ1) is 7.66. The highest BCUT2D eigenvalue weighted by Crippen LogP contribution is 2.32. The number of rotatable bonds is 3. The van der Waals surface area contributed by atoms with E-state index in [1.54, 1.807) is 0 Å². The van der Waals surface area contributed by atoms with E-state index in [9.17, 15) is 5.11 Å². The maximum atomic E-state index is 9.86. The van der Waals surface area contributed by atoms with Crippen molar-refractivity contribution in [1.82, 2.24) is 0 Å². The fourth-order valence-corrected chi connectivity index (χ4v) is 2.06. The summed E-state index contributed by atoms with van der Waals surface area (Å²) in [6.07, 6.45) is 2.56. The topological polar surface area (TPSA) is 29.5 Å². The van der Waals surface area contributed by atoms with Gasteiger partial charge < -0.3 is 9.84 Å². The first kappa shape index (κ1) is 11.5. The third-order valence-corrected chi connectivity index (χ3v) is 2.90. The van der Waals surface area contributed by atoms with Crippen LogP contribution in [0.3, 0.4) is 0 Å². The van der Waals surface area contributed by atoms with Crippen LogP contribution in [0.25, 0.3) is 0 Å². The summed E-state index contributed by atoms with van der Waals surface area (Å²) in [4.78, 5) is 0. The van der Waals surface area contributed by atoms with Crippen LogP contribution in [-0.2, 0) is 6.42 Å². The van der Waals surface area contributed by atoms with Crippen LogP contribution in [-0.4, -0.2) is 11.7 Å².